The molecular formula is C12H18N2O3S. The monoisotopic (exact) mass is 270 g/mol. The first-order valence-corrected chi connectivity index (χ1v) is 7.88. The Morgan fingerprint density at radius 3 is 2.61 bits per heavy atom. The van der Waals surface area contributed by atoms with E-state index in [9.17, 15) is 8.42 Å². The summed E-state index contributed by atoms with van der Waals surface area (Å²) in [6.45, 7) is 3.94. The largest absolute Gasteiger partial charge is 0.489 e. The highest BCUT2D eigenvalue weighted by Crippen LogP contribution is 2.31. The Hall–Kier alpha value is -1.30. The van der Waals surface area contributed by atoms with Gasteiger partial charge >= 0.3 is 0 Å². The van der Waals surface area contributed by atoms with Gasteiger partial charge in [-0.2, -0.15) is 0 Å². The Morgan fingerprint density at radius 2 is 2.11 bits per heavy atom. The average Bonchev–Trinajstić information content (AvgIpc) is 2.98. The minimum Gasteiger partial charge on any atom is -0.489 e. The van der Waals surface area contributed by atoms with Gasteiger partial charge in [-0.15, -0.1) is 0 Å². The molecule has 18 heavy (non-hydrogen) atoms. The van der Waals surface area contributed by atoms with E-state index in [2.05, 4.69) is 9.71 Å². The molecule has 0 unspecified atom stereocenters. The number of sulfonamides is 1. The predicted molar refractivity (Wildman–Crippen MR) is 70.4 cm³/mol. The minimum atomic E-state index is -3.31. The maximum Gasteiger partial charge on any atom is 0.229 e. The third-order valence-electron chi connectivity index (χ3n) is 2.56. The van der Waals surface area contributed by atoms with Crippen molar-refractivity contribution < 1.29 is 13.2 Å². The molecule has 0 radical (unpaired) electrons. The molecule has 2 rings (SSSR count). The zero-order chi connectivity index (χ0) is 13.3. The number of aromatic nitrogens is 1. The summed E-state index contributed by atoms with van der Waals surface area (Å²) in [5.41, 5.74) is 1.23. The SMILES string of the molecule is CC(C)c1ncc(OC2CC2)cc1NS(C)(=O)=O. The van der Waals surface area contributed by atoms with Crippen LogP contribution in [0.2, 0.25) is 0 Å². The fourth-order valence-corrected chi connectivity index (χ4v) is 2.20. The zero-order valence-electron chi connectivity index (χ0n) is 10.8. The lowest BCUT2D eigenvalue weighted by molar-refractivity contribution is 0.302. The van der Waals surface area contributed by atoms with Gasteiger partial charge in [-0.25, -0.2) is 8.42 Å². The van der Waals surface area contributed by atoms with Gasteiger partial charge in [0.15, 0.2) is 0 Å². The van der Waals surface area contributed by atoms with Gasteiger partial charge in [-0.1, -0.05) is 13.8 Å². The number of pyridine rings is 1. The van der Waals surface area contributed by atoms with E-state index in [1.165, 1.54) is 0 Å². The van der Waals surface area contributed by atoms with Crippen LogP contribution in [0.1, 0.15) is 38.3 Å². The van der Waals surface area contributed by atoms with Gasteiger partial charge in [0.2, 0.25) is 10.0 Å². The number of hydrogen-bond donors (Lipinski definition) is 1. The van der Waals surface area contributed by atoms with E-state index >= 15 is 0 Å². The summed E-state index contributed by atoms with van der Waals surface area (Å²) in [5.74, 6) is 0.761. The molecule has 1 aromatic heterocycles. The molecule has 100 valence electrons. The lowest BCUT2D eigenvalue weighted by Crippen LogP contribution is -2.13. The first kappa shape index (κ1) is 13.1. The van der Waals surface area contributed by atoms with Gasteiger partial charge in [0.25, 0.3) is 0 Å². The number of anilines is 1. The third kappa shape index (κ3) is 3.60. The Labute approximate surface area is 108 Å². The fourth-order valence-electron chi connectivity index (χ4n) is 1.64. The van der Waals surface area contributed by atoms with Crippen LogP contribution in [-0.4, -0.2) is 25.8 Å². The van der Waals surface area contributed by atoms with Crippen molar-refractivity contribution in [3.8, 4) is 5.75 Å². The van der Waals surface area contributed by atoms with Gasteiger partial charge in [0.1, 0.15) is 5.75 Å². The van der Waals surface area contributed by atoms with E-state index in [4.69, 9.17) is 4.74 Å². The van der Waals surface area contributed by atoms with Crippen molar-refractivity contribution in [3.63, 3.8) is 0 Å². The zero-order valence-corrected chi connectivity index (χ0v) is 11.6. The van der Waals surface area contributed by atoms with Crippen LogP contribution in [-0.2, 0) is 10.0 Å². The van der Waals surface area contributed by atoms with Crippen molar-refractivity contribution in [3.05, 3.63) is 18.0 Å². The first-order chi connectivity index (χ1) is 8.35. The van der Waals surface area contributed by atoms with Crippen LogP contribution in [0, 0.1) is 0 Å². The fraction of sp³-hybridized carbons (Fsp3) is 0.583. The summed E-state index contributed by atoms with van der Waals surface area (Å²) >= 11 is 0. The molecule has 6 heteroatoms. The van der Waals surface area contributed by atoms with Crippen LogP contribution in [0.25, 0.3) is 0 Å². The van der Waals surface area contributed by atoms with Crippen LogP contribution in [0.4, 0.5) is 5.69 Å². The summed E-state index contributed by atoms with van der Waals surface area (Å²) in [6.07, 6.45) is 5.16. The topological polar surface area (TPSA) is 68.3 Å². The predicted octanol–water partition coefficient (Wildman–Crippen LogP) is 2.12. The van der Waals surface area contributed by atoms with Crippen molar-refractivity contribution in [2.45, 2.75) is 38.7 Å². The summed E-state index contributed by atoms with van der Waals surface area (Å²) < 4.78 is 30.8. The number of nitrogens with one attached hydrogen (secondary N) is 1. The van der Waals surface area contributed by atoms with Crippen molar-refractivity contribution >= 4 is 15.7 Å². The molecule has 0 bridgehead atoms. The number of hydrogen-bond acceptors (Lipinski definition) is 4. The van der Waals surface area contributed by atoms with E-state index in [0.29, 0.717) is 11.4 Å². The molecule has 1 fully saturated rings. The smallest absolute Gasteiger partial charge is 0.229 e. The summed E-state index contributed by atoms with van der Waals surface area (Å²) in [4.78, 5) is 4.29. The van der Waals surface area contributed by atoms with E-state index in [1.807, 2.05) is 13.8 Å². The maximum atomic E-state index is 11.3. The van der Waals surface area contributed by atoms with Crippen LogP contribution < -0.4 is 9.46 Å². The van der Waals surface area contributed by atoms with Gasteiger partial charge in [0.05, 0.1) is 29.9 Å². The third-order valence-corrected chi connectivity index (χ3v) is 3.15. The standard InChI is InChI=1S/C12H18N2O3S/c1-8(2)12-11(14-18(3,15)16)6-10(7-13-12)17-9-4-5-9/h6-9,14H,4-5H2,1-3H3. The second kappa shape index (κ2) is 4.76. The Kier molecular flexibility index (Phi) is 3.47. The van der Waals surface area contributed by atoms with Crippen LogP contribution in [0.3, 0.4) is 0 Å². The Bertz CT molecular complexity index is 536. The molecule has 0 saturated heterocycles. The number of rotatable bonds is 5. The molecule has 0 atom stereocenters. The Balaban J connectivity index is 2.30. The molecule has 1 aliphatic carbocycles. The second-order valence-corrected chi connectivity index (χ2v) is 6.70. The minimum absolute atomic E-state index is 0.143. The van der Waals surface area contributed by atoms with E-state index in [0.717, 1.165) is 24.8 Å². The van der Waals surface area contributed by atoms with Gasteiger partial charge < -0.3 is 4.74 Å². The molecule has 0 aromatic carbocycles. The number of nitrogens with zero attached hydrogens (tertiary/aromatic N) is 1. The van der Waals surface area contributed by atoms with E-state index in [-0.39, 0.29) is 12.0 Å². The molecule has 1 aromatic rings. The highest BCUT2D eigenvalue weighted by molar-refractivity contribution is 7.92. The quantitative estimate of drug-likeness (QED) is 0.889. The van der Waals surface area contributed by atoms with Crippen molar-refractivity contribution in [2.75, 3.05) is 11.0 Å². The van der Waals surface area contributed by atoms with E-state index < -0.39 is 10.0 Å². The van der Waals surface area contributed by atoms with Gasteiger partial charge in [-0.3, -0.25) is 9.71 Å². The molecule has 1 saturated carbocycles. The van der Waals surface area contributed by atoms with Crippen LogP contribution in [0.5, 0.6) is 5.75 Å². The summed E-state index contributed by atoms with van der Waals surface area (Å²) in [7, 11) is -3.31. The van der Waals surface area contributed by atoms with Gasteiger partial charge in [0, 0.05) is 6.07 Å². The molecule has 1 heterocycles. The average molecular weight is 270 g/mol. The normalized spacial score (nSPS) is 15.8. The van der Waals surface area contributed by atoms with Crippen LogP contribution in [0.15, 0.2) is 12.3 Å². The molecule has 1 aliphatic rings. The second-order valence-electron chi connectivity index (χ2n) is 4.95. The molecular weight excluding hydrogens is 252 g/mol. The van der Waals surface area contributed by atoms with Crippen molar-refractivity contribution in [2.24, 2.45) is 0 Å². The van der Waals surface area contributed by atoms with Crippen molar-refractivity contribution in [1.82, 2.24) is 4.98 Å². The highest BCUT2D eigenvalue weighted by Gasteiger charge is 2.24. The lowest BCUT2D eigenvalue weighted by atomic mass is 10.1. The van der Waals surface area contributed by atoms with Crippen LogP contribution >= 0.6 is 0 Å². The molecule has 1 N–H and O–H groups in total. The summed E-state index contributed by atoms with van der Waals surface area (Å²) in [6, 6.07) is 1.71. The molecule has 0 spiro atoms. The number of ether oxygens (including phenoxy) is 1. The molecule has 5 nitrogen and oxygen atoms in total. The maximum absolute atomic E-state index is 11.3. The summed E-state index contributed by atoms with van der Waals surface area (Å²) in [5, 5.41) is 0. The van der Waals surface area contributed by atoms with Gasteiger partial charge in [-0.05, 0) is 18.8 Å². The molecule has 0 aliphatic heterocycles. The lowest BCUT2D eigenvalue weighted by Gasteiger charge is -2.14. The molecule has 0 amide bonds. The van der Waals surface area contributed by atoms with Crippen molar-refractivity contribution in [1.29, 1.82) is 0 Å². The highest BCUT2D eigenvalue weighted by atomic mass is 32.2. The first-order valence-electron chi connectivity index (χ1n) is 5.99. The van der Waals surface area contributed by atoms with E-state index in [1.54, 1.807) is 12.3 Å². The Morgan fingerprint density at radius 1 is 1.44 bits per heavy atom.